The first-order chi connectivity index (χ1) is 13.6. The quantitative estimate of drug-likeness (QED) is 0.680. The molecule has 1 N–H and O–H groups in total. The third-order valence-corrected chi connectivity index (χ3v) is 5.98. The Labute approximate surface area is 176 Å². The zero-order chi connectivity index (χ0) is 21.8. The van der Waals surface area contributed by atoms with Gasteiger partial charge in [0.1, 0.15) is 17.5 Å². The number of methoxy groups -OCH3 is 2. The molecule has 158 valence electrons. The van der Waals surface area contributed by atoms with Crippen molar-refractivity contribution in [2.75, 3.05) is 24.8 Å². The van der Waals surface area contributed by atoms with Crippen LogP contribution in [0.3, 0.4) is 0 Å². The molecule has 0 aliphatic carbocycles. The molecule has 0 saturated heterocycles. The van der Waals surface area contributed by atoms with Gasteiger partial charge in [-0.3, -0.25) is 9.10 Å². The number of hydrogen-bond acceptors (Lipinski definition) is 5. The van der Waals surface area contributed by atoms with E-state index in [1.54, 1.807) is 32.2 Å². The highest BCUT2D eigenvalue weighted by molar-refractivity contribution is 7.92. The van der Waals surface area contributed by atoms with Crippen LogP contribution in [0, 0.1) is 0 Å². The first-order valence-corrected chi connectivity index (χ1v) is 11.1. The van der Waals surface area contributed by atoms with Crippen LogP contribution in [-0.4, -0.2) is 40.8 Å². The topological polar surface area (TPSA) is 84.9 Å². The molecule has 0 unspecified atom stereocenters. The lowest BCUT2D eigenvalue weighted by Gasteiger charge is -2.29. The van der Waals surface area contributed by atoms with Gasteiger partial charge in [-0.2, -0.15) is 0 Å². The summed E-state index contributed by atoms with van der Waals surface area (Å²) in [5, 5.41) is 3.09. The summed E-state index contributed by atoms with van der Waals surface area (Å²) in [7, 11) is -0.750. The van der Waals surface area contributed by atoms with Crippen molar-refractivity contribution >= 4 is 33.2 Å². The van der Waals surface area contributed by atoms with Crippen molar-refractivity contribution in [3.05, 3.63) is 53.1 Å². The molecule has 2 rings (SSSR count). The van der Waals surface area contributed by atoms with Crippen molar-refractivity contribution in [1.82, 2.24) is 5.32 Å². The van der Waals surface area contributed by atoms with E-state index in [4.69, 9.17) is 21.1 Å². The lowest BCUT2D eigenvalue weighted by atomic mass is 10.1. The maximum atomic E-state index is 12.9. The third-order valence-electron chi connectivity index (χ3n) is 4.44. The number of carbonyl (C=O) groups excluding carboxylic acids is 1. The second kappa shape index (κ2) is 9.37. The largest absolute Gasteiger partial charge is 0.496 e. The minimum atomic E-state index is -3.76. The van der Waals surface area contributed by atoms with E-state index in [0.29, 0.717) is 11.5 Å². The normalized spacial score (nSPS) is 13.3. The summed E-state index contributed by atoms with van der Waals surface area (Å²) < 4.78 is 36.4. The van der Waals surface area contributed by atoms with Gasteiger partial charge in [-0.25, -0.2) is 8.42 Å². The minimum absolute atomic E-state index is 0.244. The van der Waals surface area contributed by atoms with Gasteiger partial charge < -0.3 is 14.8 Å². The molecule has 0 aromatic heterocycles. The lowest BCUT2D eigenvalue weighted by molar-refractivity contribution is -0.122. The number of benzene rings is 2. The van der Waals surface area contributed by atoms with Gasteiger partial charge in [0, 0.05) is 5.56 Å². The zero-order valence-corrected chi connectivity index (χ0v) is 18.5. The van der Waals surface area contributed by atoms with Crippen LogP contribution in [0.2, 0.25) is 5.02 Å². The molecule has 0 bridgehead atoms. The van der Waals surface area contributed by atoms with Crippen molar-refractivity contribution in [2.24, 2.45) is 0 Å². The molecule has 1 amide bonds. The van der Waals surface area contributed by atoms with Crippen LogP contribution in [0.4, 0.5) is 5.69 Å². The molecule has 0 aliphatic rings. The molecule has 0 heterocycles. The van der Waals surface area contributed by atoms with Gasteiger partial charge >= 0.3 is 0 Å². The van der Waals surface area contributed by atoms with E-state index in [-0.39, 0.29) is 16.8 Å². The highest BCUT2D eigenvalue weighted by Gasteiger charge is 2.30. The summed E-state index contributed by atoms with van der Waals surface area (Å²) in [5.74, 6) is 0.585. The second-order valence-corrected chi connectivity index (χ2v) is 8.79. The Balaban J connectivity index is 2.31. The Morgan fingerprint density at radius 1 is 1.07 bits per heavy atom. The van der Waals surface area contributed by atoms with E-state index in [0.717, 1.165) is 16.1 Å². The number of ether oxygens (including phenoxy) is 2. The average Bonchev–Trinajstić information content (AvgIpc) is 2.66. The maximum absolute atomic E-state index is 12.9. The van der Waals surface area contributed by atoms with Crippen LogP contribution in [0.25, 0.3) is 0 Å². The van der Waals surface area contributed by atoms with E-state index < -0.39 is 22.0 Å². The average molecular weight is 441 g/mol. The standard InChI is InChI=1S/C20H25ClN2O5S/c1-13(16-8-6-7-9-18(16)27-3)22-20(24)14(2)23(29(5,25)26)15-10-11-19(28-4)17(21)12-15/h6-14H,1-5H3,(H,22,24)/t13-,14+/m0/s1. The predicted octanol–water partition coefficient (Wildman–Crippen LogP) is 3.39. The van der Waals surface area contributed by atoms with Crippen LogP contribution >= 0.6 is 11.6 Å². The van der Waals surface area contributed by atoms with E-state index >= 15 is 0 Å². The fourth-order valence-electron chi connectivity index (χ4n) is 3.04. The van der Waals surface area contributed by atoms with Gasteiger partial charge in [-0.15, -0.1) is 0 Å². The second-order valence-electron chi connectivity index (χ2n) is 6.53. The molecule has 0 fully saturated rings. The fraction of sp³-hybridized carbons (Fsp3) is 0.350. The van der Waals surface area contributed by atoms with Gasteiger partial charge in [-0.05, 0) is 38.1 Å². The fourth-order valence-corrected chi connectivity index (χ4v) is 4.46. The van der Waals surface area contributed by atoms with E-state index in [1.165, 1.54) is 20.1 Å². The molecule has 9 heteroatoms. The number of anilines is 1. The zero-order valence-electron chi connectivity index (χ0n) is 17.0. The van der Waals surface area contributed by atoms with Crippen LogP contribution in [0.1, 0.15) is 25.5 Å². The van der Waals surface area contributed by atoms with Gasteiger partial charge in [0.25, 0.3) is 0 Å². The van der Waals surface area contributed by atoms with Crippen LogP contribution < -0.4 is 19.1 Å². The summed E-state index contributed by atoms with van der Waals surface area (Å²) in [4.78, 5) is 12.9. The Bertz CT molecular complexity index is 981. The lowest BCUT2D eigenvalue weighted by Crippen LogP contribution is -2.48. The van der Waals surface area contributed by atoms with Crippen LogP contribution in [-0.2, 0) is 14.8 Å². The number of rotatable bonds is 8. The molecule has 0 saturated carbocycles. The first-order valence-electron chi connectivity index (χ1n) is 8.86. The number of carbonyl (C=O) groups is 1. The van der Waals surface area contributed by atoms with Crippen LogP contribution in [0.15, 0.2) is 42.5 Å². The molecular weight excluding hydrogens is 416 g/mol. The summed E-state index contributed by atoms with van der Waals surface area (Å²) in [5.41, 5.74) is 1.06. The Kier molecular flexibility index (Phi) is 7.37. The highest BCUT2D eigenvalue weighted by atomic mass is 35.5. The monoisotopic (exact) mass is 440 g/mol. The summed E-state index contributed by atoms with van der Waals surface area (Å²) >= 11 is 6.14. The summed E-state index contributed by atoms with van der Waals surface area (Å²) in [6, 6.07) is 10.5. The van der Waals surface area contributed by atoms with E-state index in [9.17, 15) is 13.2 Å². The van der Waals surface area contributed by atoms with Crippen molar-refractivity contribution in [1.29, 1.82) is 0 Å². The number of nitrogens with one attached hydrogen (secondary N) is 1. The molecule has 2 atom stereocenters. The number of nitrogens with zero attached hydrogens (tertiary/aromatic N) is 1. The first kappa shape index (κ1) is 22.8. The highest BCUT2D eigenvalue weighted by Crippen LogP contribution is 2.31. The number of para-hydroxylation sites is 1. The van der Waals surface area contributed by atoms with Gasteiger partial charge in [-0.1, -0.05) is 29.8 Å². The number of halogens is 1. The maximum Gasteiger partial charge on any atom is 0.244 e. The van der Waals surface area contributed by atoms with Crippen molar-refractivity contribution in [3.8, 4) is 11.5 Å². The van der Waals surface area contributed by atoms with Gasteiger partial charge in [0.15, 0.2) is 0 Å². The molecule has 0 radical (unpaired) electrons. The SMILES string of the molecule is COc1ccc(N([C@H](C)C(=O)N[C@@H](C)c2ccccc2OC)S(C)(=O)=O)cc1Cl. The van der Waals surface area contributed by atoms with Crippen molar-refractivity contribution < 1.29 is 22.7 Å². The molecule has 0 aliphatic heterocycles. The predicted molar refractivity (Wildman–Crippen MR) is 114 cm³/mol. The minimum Gasteiger partial charge on any atom is -0.496 e. The van der Waals surface area contributed by atoms with Gasteiger partial charge in [0.2, 0.25) is 15.9 Å². The van der Waals surface area contributed by atoms with Crippen molar-refractivity contribution in [2.45, 2.75) is 25.9 Å². The van der Waals surface area contributed by atoms with Crippen LogP contribution in [0.5, 0.6) is 11.5 Å². The smallest absolute Gasteiger partial charge is 0.244 e. The number of hydrogen-bond donors (Lipinski definition) is 1. The van der Waals surface area contributed by atoms with E-state index in [2.05, 4.69) is 5.32 Å². The molecule has 2 aromatic rings. The van der Waals surface area contributed by atoms with Gasteiger partial charge in [0.05, 0.1) is 37.2 Å². The van der Waals surface area contributed by atoms with E-state index in [1.807, 2.05) is 18.2 Å². The molecular formula is C20H25ClN2O5S. The van der Waals surface area contributed by atoms with Crippen molar-refractivity contribution in [3.63, 3.8) is 0 Å². The summed E-state index contributed by atoms with van der Waals surface area (Å²) in [6.45, 7) is 3.32. The molecule has 0 spiro atoms. The molecule has 29 heavy (non-hydrogen) atoms. The molecule has 7 nitrogen and oxygen atoms in total. The molecule has 2 aromatic carbocycles. The summed E-state index contributed by atoms with van der Waals surface area (Å²) in [6.07, 6.45) is 1.04. The Morgan fingerprint density at radius 3 is 2.24 bits per heavy atom. The third kappa shape index (κ3) is 5.33. The number of sulfonamides is 1. The Morgan fingerprint density at radius 2 is 1.69 bits per heavy atom. The number of amides is 1. The Hall–Kier alpha value is -2.45.